The monoisotopic (exact) mass is 267 g/mol. The van der Waals surface area contributed by atoms with E-state index < -0.39 is 10.8 Å². The SMILES string of the molecule is COc1cc(C)c([S@](=O)CCCC#N)cc1OC. The number of hydrogen-bond donors (Lipinski definition) is 0. The number of hydrogen-bond acceptors (Lipinski definition) is 4. The number of benzene rings is 1. The van der Waals surface area contributed by atoms with E-state index in [1.54, 1.807) is 20.3 Å². The zero-order chi connectivity index (χ0) is 13.5. The van der Waals surface area contributed by atoms with E-state index in [2.05, 4.69) is 6.07 Å². The third-order valence-corrected chi connectivity index (χ3v) is 4.13. The van der Waals surface area contributed by atoms with Crippen LogP contribution in [-0.4, -0.2) is 24.2 Å². The molecule has 0 saturated carbocycles. The number of aryl methyl sites for hydroxylation is 1. The molecule has 1 aromatic carbocycles. The number of unbranched alkanes of at least 4 members (excludes halogenated alkanes) is 1. The molecule has 0 aromatic heterocycles. The average molecular weight is 267 g/mol. The molecule has 0 saturated heterocycles. The van der Waals surface area contributed by atoms with E-state index >= 15 is 0 Å². The first-order chi connectivity index (χ1) is 8.63. The molecular formula is C13H17NO3S. The van der Waals surface area contributed by atoms with Crippen LogP contribution in [0.3, 0.4) is 0 Å². The summed E-state index contributed by atoms with van der Waals surface area (Å²) in [6, 6.07) is 5.61. The van der Waals surface area contributed by atoms with Gasteiger partial charge in [0.15, 0.2) is 11.5 Å². The lowest BCUT2D eigenvalue weighted by atomic mass is 10.2. The Labute approximate surface area is 110 Å². The zero-order valence-corrected chi connectivity index (χ0v) is 11.7. The first-order valence-electron chi connectivity index (χ1n) is 5.62. The Hall–Kier alpha value is -1.54. The fourth-order valence-corrected chi connectivity index (χ4v) is 2.88. The van der Waals surface area contributed by atoms with Crippen LogP contribution in [0.4, 0.5) is 0 Å². The summed E-state index contributed by atoms with van der Waals surface area (Å²) in [4.78, 5) is 0.741. The number of methoxy groups -OCH3 is 2. The highest BCUT2D eigenvalue weighted by atomic mass is 32.2. The molecule has 0 aliphatic carbocycles. The number of ether oxygens (including phenoxy) is 2. The highest BCUT2D eigenvalue weighted by molar-refractivity contribution is 7.85. The Kier molecular flexibility index (Phi) is 5.66. The van der Waals surface area contributed by atoms with Crippen LogP contribution in [0.5, 0.6) is 11.5 Å². The van der Waals surface area contributed by atoms with Gasteiger partial charge in [-0.2, -0.15) is 5.26 Å². The van der Waals surface area contributed by atoms with Crippen LogP contribution in [0.25, 0.3) is 0 Å². The smallest absolute Gasteiger partial charge is 0.161 e. The van der Waals surface area contributed by atoms with Gasteiger partial charge in [-0.25, -0.2) is 0 Å². The van der Waals surface area contributed by atoms with E-state index in [0.717, 1.165) is 10.5 Å². The van der Waals surface area contributed by atoms with Crippen molar-refractivity contribution in [2.24, 2.45) is 0 Å². The molecule has 0 amide bonds. The zero-order valence-electron chi connectivity index (χ0n) is 10.9. The molecule has 0 spiro atoms. The Morgan fingerprint density at radius 3 is 2.44 bits per heavy atom. The molecule has 1 atom stereocenters. The van der Waals surface area contributed by atoms with Gasteiger partial charge >= 0.3 is 0 Å². The highest BCUT2D eigenvalue weighted by Crippen LogP contribution is 2.31. The van der Waals surface area contributed by atoms with Gasteiger partial charge in [0.2, 0.25) is 0 Å². The molecule has 5 heteroatoms. The lowest BCUT2D eigenvalue weighted by Crippen LogP contribution is -2.02. The summed E-state index contributed by atoms with van der Waals surface area (Å²) in [5, 5.41) is 8.47. The van der Waals surface area contributed by atoms with Crippen molar-refractivity contribution >= 4 is 10.8 Å². The molecule has 98 valence electrons. The second-order valence-electron chi connectivity index (χ2n) is 3.78. The first kappa shape index (κ1) is 14.5. The predicted octanol–water partition coefficient (Wildman–Crippen LogP) is 2.42. The molecule has 1 rings (SSSR count). The normalized spacial score (nSPS) is 11.7. The van der Waals surface area contributed by atoms with Crippen LogP contribution in [0.15, 0.2) is 17.0 Å². The highest BCUT2D eigenvalue weighted by Gasteiger charge is 2.13. The lowest BCUT2D eigenvalue weighted by molar-refractivity contribution is 0.353. The first-order valence-corrected chi connectivity index (χ1v) is 6.94. The number of nitrogens with zero attached hydrogens (tertiary/aromatic N) is 1. The maximum absolute atomic E-state index is 12.1. The molecule has 4 nitrogen and oxygen atoms in total. The molecule has 0 unspecified atom stereocenters. The van der Waals surface area contributed by atoms with E-state index in [1.165, 1.54) is 0 Å². The van der Waals surface area contributed by atoms with E-state index in [0.29, 0.717) is 30.1 Å². The Morgan fingerprint density at radius 1 is 1.28 bits per heavy atom. The second kappa shape index (κ2) is 7.02. The molecule has 0 radical (unpaired) electrons. The van der Waals surface area contributed by atoms with Crippen molar-refractivity contribution in [2.45, 2.75) is 24.7 Å². The van der Waals surface area contributed by atoms with Crippen LogP contribution < -0.4 is 9.47 Å². The topological polar surface area (TPSA) is 59.3 Å². The van der Waals surface area contributed by atoms with Gasteiger partial charge in [0, 0.05) is 23.1 Å². The van der Waals surface area contributed by atoms with Gasteiger partial charge in [-0.05, 0) is 25.0 Å². The molecule has 1 aromatic rings. The summed E-state index contributed by atoms with van der Waals surface area (Å²) in [7, 11) is 2.02. The Morgan fingerprint density at radius 2 is 1.89 bits per heavy atom. The Bertz CT molecular complexity index is 480. The third kappa shape index (κ3) is 3.47. The number of rotatable bonds is 6. The van der Waals surface area contributed by atoms with Gasteiger partial charge in [0.25, 0.3) is 0 Å². The maximum Gasteiger partial charge on any atom is 0.161 e. The van der Waals surface area contributed by atoms with Crippen molar-refractivity contribution < 1.29 is 13.7 Å². The van der Waals surface area contributed by atoms with Crippen molar-refractivity contribution in [3.8, 4) is 17.6 Å². The summed E-state index contributed by atoms with van der Waals surface area (Å²) in [6.45, 7) is 1.89. The van der Waals surface area contributed by atoms with E-state index in [9.17, 15) is 4.21 Å². The van der Waals surface area contributed by atoms with Gasteiger partial charge in [-0.15, -0.1) is 0 Å². The minimum Gasteiger partial charge on any atom is -0.493 e. The molecule has 0 heterocycles. The largest absolute Gasteiger partial charge is 0.493 e. The molecule has 0 aliphatic heterocycles. The number of nitriles is 1. The van der Waals surface area contributed by atoms with Crippen molar-refractivity contribution in [3.05, 3.63) is 17.7 Å². The van der Waals surface area contributed by atoms with Crippen LogP contribution >= 0.6 is 0 Å². The summed E-state index contributed by atoms with van der Waals surface area (Å²) >= 11 is 0. The van der Waals surface area contributed by atoms with E-state index in [1.807, 2.05) is 13.0 Å². The molecular weight excluding hydrogens is 250 g/mol. The van der Waals surface area contributed by atoms with Crippen LogP contribution in [-0.2, 0) is 10.8 Å². The minimum atomic E-state index is -1.11. The van der Waals surface area contributed by atoms with Crippen LogP contribution in [0.2, 0.25) is 0 Å². The minimum absolute atomic E-state index is 0.429. The van der Waals surface area contributed by atoms with E-state index in [4.69, 9.17) is 14.7 Å². The molecule has 0 bridgehead atoms. The van der Waals surface area contributed by atoms with Crippen molar-refractivity contribution in [2.75, 3.05) is 20.0 Å². The van der Waals surface area contributed by atoms with E-state index in [-0.39, 0.29) is 0 Å². The average Bonchev–Trinajstić information content (AvgIpc) is 2.38. The molecule has 0 aliphatic rings. The second-order valence-corrected chi connectivity index (χ2v) is 5.32. The fourth-order valence-electron chi connectivity index (χ4n) is 1.60. The summed E-state index contributed by atoms with van der Waals surface area (Å²) in [5.41, 5.74) is 0.906. The van der Waals surface area contributed by atoms with Crippen molar-refractivity contribution in [1.82, 2.24) is 0 Å². The van der Waals surface area contributed by atoms with Gasteiger partial charge < -0.3 is 9.47 Å². The maximum atomic E-state index is 12.1. The summed E-state index contributed by atoms with van der Waals surface area (Å²) in [6.07, 6.45) is 1.06. The van der Waals surface area contributed by atoms with Crippen LogP contribution in [0, 0.1) is 18.3 Å². The van der Waals surface area contributed by atoms with Crippen molar-refractivity contribution in [3.63, 3.8) is 0 Å². The third-order valence-electron chi connectivity index (χ3n) is 2.54. The quantitative estimate of drug-likeness (QED) is 0.743. The van der Waals surface area contributed by atoms with Gasteiger partial charge in [-0.1, -0.05) is 0 Å². The molecule has 0 fully saturated rings. The van der Waals surface area contributed by atoms with Gasteiger partial charge in [0.1, 0.15) is 0 Å². The van der Waals surface area contributed by atoms with Crippen LogP contribution in [0.1, 0.15) is 18.4 Å². The summed E-state index contributed by atoms with van der Waals surface area (Å²) in [5.74, 6) is 1.70. The Balaban J connectivity index is 2.95. The standard InChI is InChI=1S/C13H17NO3S/c1-10-8-11(16-2)12(17-3)9-13(10)18(15)7-5-4-6-14/h8-9H,4-5,7H2,1-3H3/t18-/m1/s1. The summed E-state index contributed by atoms with van der Waals surface area (Å²) < 4.78 is 22.5. The lowest BCUT2D eigenvalue weighted by Gasteiger charge is -2.12. The van der Waals surface area contributed by atoms with Gasteiger partial charge in [-0.3, -0.25) is 4.21 Å². The van der Waals surface area contributed by atoms with Gasteiger partial charge in [0.05, 0.1) is 31.1 Å². The fraction of sp³-hybridized carbons (Fsp3) is 0.462. The molecule has 18 heavy (non-hydrogen) atoms. The predicted molar refractivity (Wildman–Crippen MR) is 70.4 cm³/mol. The van der Waals surface area contributed by atoms with Crippen molar-refractivity contribution in [1.29, 1.82) is 5.26 Å². The molecule has 0 N–H and O–H groups in total.